The lowest BCUT2D eigenvalue weighted by Crippen LogP contribution is -2.03. The molecule has 0 fully saturated rings. The first kappa shape index (κ1) is 13.4. The molecular weight excluding hydrogens is 191 g/mol. The van der Waals surface area contributed by atoms with Gasteiger partial charge in [0.2, 0.25) is 0 Å². The third kappa shape index (κ3) is 5.02. The number of hydrogen-bond donors (Lipinski definition) is 0. The highest BCUT2D eigenvalue weighted by atomic mass is 19.1. The van der Waals surface area contributed by atoms with Crippen molar-refractivity contribution in [1.29, 1.82) is 5.26 Å². The van der Waals surface area contributed by atoms with Crippen LogP contribution in [0.3, 0.4) is 0 Å². The molecule has 0 aliphatic rings. The Kier molecular flexibility index (Phi) is 6.12. The average molecular weight is 208 g/mol. The molecule has 0 spiro atoms. The van der Waals surface area contributed by atoms with Crippen LogP contribution in [0.25, 0.3) is 0 Å². The quantitative estimate of drug-likeness (QED) is 0.524. The summed E-state index contributed by atoms with van der Waals surface area (Å²) in [5.41, 5.74) is 1.21. The van der Waals surface area contributed by atoms with E-state index in [0.717, 1.165) is 0 Å². The van der Waals surface area contributed by atoms with Gasteiger partial charge in [0.1, 0.15) is 11.9 Å². The molecule has 0 saturated carbocycles. The lowest BCUT2D eigenvalue weighted by atomic mass is 10.0. The standard InChI is InChI=1S/C12H17FN2/c1-5-10(7-12(13)6-2)11(8-14)9-15(3)4/h6-7,9H,5H2,1-4H3/b10-7+,11-9+,12-6+. The molecular formula is C12H17FN2. The normalized spacial score (nSPS) is 13.7. The molecule has 0 atom stereocenters. The Morgan fingerprint density at radius 1 is 1.47 bits per heavy atom. The molecule has 0 aliphatic carbocycles. The fourth-order valence-corrected chi connectivity index (χ4v) is 1.06. The zero-order valence-electron chi connectivity index (χ0n) is 9.71. The highest BCUT2D eigenvalue weighted by Crippen LogP contribution is 2.16. The van der Waals surface area contributed by atoms with E-state index < -0.39 is 0 Å². The fraction of sp³-hybridized carbons (Fsp3) is 0.417. The molecule has 0 aromatic carbocycles. The van der Waals surface area contributed by atoms with E-state index in [4.69, 9.17) is 5.26 Å². The van der Waals surface area contributed by atoms with Crippen LogP contribution in [-0.2, 0) is 0 Å². The van der Waals surface area contributed by atoms with Crippen molar-refractivity contribution in [2.75, 3.05) is 14.1 Å². The van der Waals surface area contributed by atoms with E-state index >= 15 is 0 Å². The monoisotopic (exact) mass is 208 g/mol. The van der Waals surface area contributed by atoms with Crippen LogP contribution in [0.5, 0.6) is 0 Å². The van der Waals surface area contributed by atoms with Crippen LogP contribution in [0.2, 0.25) is 0 Å². The Balaban J connectivity index is 5.13. The van der Waals surface area contributed by atoms with Crippen molar-refractivity contribution < 1.29 is 4.39 Å². The molecule has 0 aromatic heterocycles. The summed E-state index contributed by atoms with van der Waals surface area (Å²) in [7, 11) is 3.66. The van der Waals surface area contributed by atoms with Gasteiger partial charge in [-0.3, -0.25) is 0 Å². The average Bonchev–Trinajstić information content (AvgIpc) is 2.22. The van der Waals surface area contributed by atoms with E-state index in [-0.39, 0.29) is 5.83 Å². The van der Waals surface area contributed by atoms with E-state index in [0.29, 0.717) is 17.6 Å². The van der Waals surface area contributed by atoms with Crippen molar-refractivity contribution in [2.24, 2.45) is 0 Å². The van der Waals surface area contributed by atoms with Gasteiger partial charge in [-0.1, -0.05) is 13.0 Å². The lowest BCUT2D eigenvalue weighted by Gasteiger charge is -2.08. The summed E-state index contributed by atoms with van der Waals surface area (Å²) in [5, 5.41) is 8.93. The second-order valence-electron chi connectivity index (χ2n) is 3.31. The van der Waals surface area contributed by atoms with Crippen LogP contribution in [0.1, 0.15) is 20.3 Å². The van der Waals surface area contributed by atoms with Crippen LogP contribution < -0.4 is 0 Å². The topological polar surface area (TPSA) is 27.0 Å². The number of allylic oxidation sites excluding steroid dienone is 5. The summed E-state index contributed by atoms with van der Waals surface area (Å²) >= 11 is 0. The molecule has 0 aliphatic heterocycles. The van der Waals surface area contributed by atoms with Crippen molar-refractivity contribution in [3.05, 3.63) is 35.3 Å². The molecule has 15 heavy (non-hydrogen) atoms. The summed E-state index contributed by atoms with van der Waals surface area (Å²) in [6.07, 6.45) is 5.10. The second kappa shape index (κ2) is 6.83. The predicted octanol–water partition coefficient (Wildman–Crippen LogP) is 3.17. The molecule has 82 valence electrons. The Morgan fingerprint density at radius 2 is 2.07 bits per heavy atom. The number of halogens is 1. The fourth-order valence-electron chi connectivity index (χ4n) is 1.06. The first-order chi connectivity index (χ1) is 7.04. The lowest BCUT2D eigenvalue weighted by molar-refractivity contribution is 0.560. The van der Waals surface area contributed by atoms with Crippen LogP contribution in [0.4, 0.5) is 4.39 Å². The number of rotatable bonds is 4. The maximum absolute atomic E-state index is 13.0. The number of nitriles is 1. The molecule has 0 amide bonds. The Morgan fingerprint density at radius 3 is 2.40 bits per heavy atom. The Hall–Kier alpha value is -1.56. The SMILES string of the molecule is C\C=C(F)/C=C(CC)/C(C#N)=C/N(C)C. The van der Waals surface area contributed by atoms with Gasteiger partial charge >= 0.3 is 0 Å². The van der Waals surface area contributed by atoms with Crippen LogP contribution in [-0.4, -0.2) is 19.0 Å². The van der Waals surface area contributed by atoms with Gasteiger partial charge in [0.25, 0.3) is 0 Å². The summed E-state index contributed by atoms with van der Waals surface area (Å²) in [6.45, 7) is 3.52. The molecule has 3 heteroatoms. The molecule has 0 bridgehead atoms. The zero-order valence-corrected chi connectivity index (χ0v) is 9.71. The maximum Gasteiger partial charge on any atom is 0.119 e. The highest BCUT2D eigenvalue weighted by molar-refractivity contribution is 5.43. The van der Waals surface area contributed by atoms with Gasteiger partial charge in [-0.2, -0.15) is 5.26 Å². The van der Waals surface area contributed by atoms with Crippen molar-refractivity contribution in [1.82, 2.24) is 4.90 Å². The summed E-state index contributed by atoms with van der Waals surface area (Å²) in [5.74, 6) is -0.313. The molecule has 0 N–H and O–H groups in total. The molecule has 0 rings (SSSR count). The van der Waals surface area contributed by atoms with Gasteiger partial charge in [0.15, 0.2) is 0 Å². The van der Waals surface area contributed by atoms with Crippen molar-refractivity contribution in [3.8, 4) is 6.07 Å². The minimum atomic E-state index is -0.313. The van der Waals surface area contributed by atoms with E-state index in [1.165, 1.54) is 12.2 Å². The second-order valence-corrected chi connectivity index (χ2v) is 3.31. The van der Waals surface area contributed by atoms with Crippen LogP contribution in [0.15, 0.2) is 35.3 Å². The van der Waals surface area contributed by atoms with E-state index in [2.05, 4.69) is 6.07 Å². The van der Waals surface area contributed by atoms with Gasteiger partial charge in [-0.15, -0.1) is 0 Å². The third-order valence-electron chi connectivity index (χ3n) is 1.82. The first-order valence-corrected chi connectivity index (χ1v) is 4.86. The molecule has 2 nitrogen and oxygen atoms in total. The van der Waals surface area contributed by atoms with E-state index in [1.807, 2.05) is 21.0 Å². The van der Waals surface area contributed by atoms with Crippen LogP contribution >= 0.6 is 0 Å². The molecule has 0 heterocycles. The summed E-state index contributed by atoms with van der Waals surface area (Å²) in [4.78, 5) is 1.77. The van der Waals surface area contributed by atoms with Crippen LogP contribution in [0, 0.1) is 11.3 Å². The number of hydrogen-bond acceptors (Lipinski definition) is 2. The smallest absolute Gasteiger partial charge is 0.119 e. The molecule has 0 unspecified atom stereocenters. The minimum absolute atomic E-state index is 0.313. The predicted molar refractivity (Wildman–Crippen MR) is 60.6 cm³/mol. The molecule has 0 aromatic rings. The minimum Gasteiger partial charge on any atom is -0.382 e. The van der Waals surface area contributed by atoms with Crippen molar-refractivity contribution in [2.45, 2.75) is 20.3 Å². The van der Waals surface area contributed by atoms with Crippen molar-refractivity contribution >= 4 is 0 Å². The zero-order chi connectivity index (χ0) is 11.8. The Bertz CT molecular complexity index is 330. The summed E-state index contributed by atoms with van der Waals surface area (Å²) < 4.78 is 13.0. The van der Waals surface area contributed by atoms with Gasteiger partial charge in [-0.05, 0) is 25.0 Å². The highest BCUT2D eigenvalue weighted by Gasteiger charge is 2.03. The third-order valence-corrected chi connectivity index (χ3v) is 1.82. The molecule has 0 radical (unpaired) electrons. The van der Waals surface area contributed by atoms with Gasteiger partial charge in [0, 0.05) is 20.3 Å². The van der Waals surface area contributed by atoms with E-state index in [9.17, 15) is 4.39 Å². The molecule has 0 saturated heterocycles. The van der Waals surface area contributed by atoms with E-state index in [1.54, 1.807) is 18.0 Å². The Labute approximate surface area is 91.0 Å². The maximum atomic E-state index is 13.0. The van der Waals surface area contributed by atoms with Crippen molar-refractivity contribution in [3.63, 3.8) is 0 Å². The number of nitrogens with zero attached hydrogens (tertiary/aromatic N) is 2. The largest absolute Gasteiger partial charge is 0.382 e. The van der Waals surface area contributed by atoms with Gasteiger partial charge in [-0.25, -0.2) is 4.39 Å². The first-order valence-electron chi connectivity index (χ1n) is 4.86. The van der Waals surface area contributed by atoms with Gasteiger partial charge < -0.3 is 4.90 Å². The summed E-state index contributed by atoms with van der Waals surface area (Å²) in [6, 6.07) is 2.07. The van der Waals surface area contributed by atoms with Gasteiger partial charge in [0.05, 0.1) is 5.57 Å².